The maximum absolute atomic E-state index is 11.8. The predicted octanol–water partition coefficient (Wildman–Crippen LogP) is 8.74. The highest BCUT2D eigenvalue weighted by Crippen LogP contribution is 2.89. The van der Waals surface area contributed by atoms with Crippen molar-refractivity contribution < 1.29 is 9.53 Å². The van der Waals surface area contributed by atoms with Gasteiger partial charge in [-0.25, -0.2) is 0 Å². The lowest BCUT2D eigenvalue weighted by atomic mass is 9.41. The van der Waals surface area contributed by atoms with E-state index in [1.807, 2.05) is 0 Å². The molecule has 0 aromatic carbocycles. The highest BCUT2D eigenvalue weighted by Gasteiger charge is 2.82. The van der Waals surface area contributed by atoms with Crippen molar-refractivity contribution in [3.8, 4) is 0 Å². The lowest BCUT2D eigenvalue weighted by molar-refractivity contribution is -0.181. The fourth-order valence-corrected chi connectivity index (χ4v) is 11.5. The van der Waals surface area contributed by atoms with E-state index in [1.165, 1.54) is 69.8 Å². The Labute approximate surface area is 210 Å². The first-order chi connectivity index (χ1) is 15.8. The number of ether oxygens (including phenoxy) is 1. The van der Waals surface area contributed by atoms with Crippen molar-refractivity contribution in [2.75, 3.05) is 0 Å². The van der Waals surface area contributed by atoms with Crippen LogP contribution in [0.5, 0.6) is 0 Å². The smallest absolute Gasteiger partial charge is 0.302 e. The number of hydrogen-bond acceptors (Lipinski definition) is 2. The van der Waals surface area contributed by atoms with Crippen LogP contribution in [0.25, 0.3) is 0 Å². The minimum absolute atomic E-state index is 0.0927. The van der Waals surface area contributed by atoms with Crippen molar-refractivity contribution in [3.63, 3.8) is 0 Å². The van der Waals surface area contributed by atoms with Gasteiger partial charge < -0.3 is 4.74 Å². The van der Waals surface area contributed by atoms with Crippen molar-refractivity contribution in [3.05, 3.63) is 11.6 Å². The van der Waals surface area contributed by atoms with Crippen LogP contribution in [0.3, 0.4) is 0 Å². The summed E-state index contributed by atoms with van der Waals surface area (Å²) in [5.74, 6) is 3.27. The van der Waals surface area contributed by atoms with Crippen molar-refractivity contribution in [2.24, 2.45) is 50.7 Å². The Morgan fingerprint density at radius 2 is 1.56 bits per heavy atom. The number of hydrogen-bond donors (Lipinski definition) is 0. The molecule has 0 N–H and O–H groups in total. The van der Waals surface area contributed by atoms with Crippen molar-refractivity contribution in [1.29, 1.82) is 0 Å². The first-order valence-corrected chi connectivity index (χ1v) is 14.6. The number of carbonyl (C=O) groups is 1. The van der Waals surface area contributed by atoms with E-state index in [1.54, 1.807) is 6.92 Å². The molecule has 0 heterocycles. The molecule has 5 rings (SSSR count). The van der Waals surface area contributed by atoms with Crippen LogP contribution in [0, 0.1) is 50.7 Å². The average molecular weight is 469 g/mol. The van der Waals surface area contributed by atoms with Gasteiger partial charge in [0, 0.05) is 12.3 Å². The first kappa shape index (κ1) is 24.9. The molecule has 2 heteroatoms. The summed E-state index contributed by atoms with van der Waals surface area (Å²) in [6, 6.07) is 0. The second-order valence-electron chi connectivity index (χ2n) is 14.9. The maximum Gasteiger partial charge on any atom is 0.302 e. The standard InChI is InChI=1S/C32H52O2/c1-21(2)10-9-11-22(3)24-14-16-30(8)26-13-12-25-28(5,6)27(34-23(4)33)15-17-31(25)20-32(26,31)19-18-29(24,30)7/h10,22,24-27H,9,11-20H2,1-8H3/t22-,24-,25+,26+,27+,29-,30+,31-,32+/m1/s1. The molecule has 0 aliphatic heterocycles. The van der Waals surface area contributed by atoms with Gasteiger partial charge in [0.1, 0.15) is 6.10 Å². The van der Waals surface area contributed by atoms with E-state index in [0.29, 0.717) is 21.7 Å². The molecule has 5 aliphatic carbocycles. The molecule has 2 spiro atoms. The van der Waals surface area contributed by atoms with Crippen molar-refractivity contribution in [2.45, 2.75) is 132 Å². The molecule has 9 atom stereocenters. The van der Waals surface area contributed by atoms with E-state index in [4.69, 9.17) is 4.74 Å². The number of allylic oxidation sites excluding steroid dienone is 2. The molecule has 5 fully saturated rings. The van der Waals surface area contributed by atoms with Gasteiger partial charge in [0.15, 0.2) is 0 Å². The molecule has 0 aromatic rings. The van der Waals surface area contributed by atoms with Gasteiger partial charge in [-0.05, 0) is 130 Å². The Kier molecular flexibility index (Phi) is 5.75. The molecule has 0 unspecified atom stereocenters. The van der Waals surface area contributed by atoms with Gasteiger partial charge in [-0.2, -0.15) is 0 Å². The molecule has 0 saturated heterocycles. The van der Waals surface area contributed by atoms with E-state index in [2.05, 4.69) is 54.5 Å². The normalized spacial score (nSPS) is 49.1. The van der Waals surface area contributed by atoms with Crippen LogP contribution >= 0.6 is 0 Å². The van der Waals surface area contributed by atoms with Gasteiger partial charge >= 0.3 is 5.97 Å². The summed E-state index contributed by atoms with van der Waals surface area (Å²) in [6.07, 6.45) is 17.6. The molecular weight excluding hydrogens is 416 g/mol. The lowest BCUT2D eigenvalue weighted by Crippen LogP contribution is -2.58. The molecule has 0 bridgehead atoms. The van der Waals surface area contributed by atoms with Crippen LogP contribution in [0.15, 0.2) is 11.6 Å². The van der Waals surface area contributed by atoms with E-state index >= 15 is 0 Å². The lowest BCUT2D eigenvalue weighted by Gasteiger charge is -2.63. The van der Waals surface area contributed by atoms with E-state index < -0.39 is 0 Å². The number of carbonyl (C=O) groups excluding carboxylic acids is 1. The Hall–Kier alpha value is -0.790. The van der Waals surface area contributed by atoms with Gasteiger partial charge in [-0.3, -0.25) is 4.79 Å². The number of fused-ring (bicyclic) bond motifs is 2. The molecular formula is C32H52O2. The van der Waals surface area contributed by atoms with Gasteiger partial charge in [-0.15, -0.1) is 0 Å². The second-order valence-corrected chi connectivity index (χ2v) is 14.9. The largest absolute Gasteiger partial charge is 0.462 e. The minimum Gasteiger partial charge on any atom is -0.462 e. The Bertz CT molecular complexity index is 866. The summed E-state index contributed by atoms with van der Waals surface area (Å²) in [5, 5.41) is 0. The quantitative estimate of drug-likeness (QED) is 0.298. The van der Waals surface area contributed by atoms with Crippen LogP contribution in [0.4, 0.5) is 0 Å². The fraction of sp³-hybridized carbons (Fsp3) is 0.906. The summed E-state index contributed by atoms with van der Waals surface area (Å²) in [5.41, 5.74) is 3.71. The maximum atomic E-state index is 11.8. The Balaban J connectivity index is 1.39. The van der Waals surface area contributed by atoms with E-state index in [0.717, 1.165) is 30.1 Å². The molecule has 34 heavy (non-hydrogen) atoms. The SMILES string of the molecule is CC(=O)O[C@H]1CC[C@]23C[C@]24CC[C@]2(C)[C@@H]([C@H](C)CCC=C(C)C)CC[C@@]2(C)[C@@H]4CC[C@H]3C1(C)C. The third-order valence-corrected chi connectivity index (χ3v) is 13.3. The highest BCUT2D eigenvalue weighted by molar-refractivity contribution is 5.66. The summed E-state index contributed by atoms with van der Waals surface area (Å²) in [6.45, 7) is 18.9. The summed E-state index contributed by atoms with van der Waals surface area (Å²) in [4.78, 5) is 11.8. The summed E-state index contributed by atoms with van der Waals surface area (Å²) in [7, 11) is 0. The third kappa shape index (κ3) is 3.14. The zero-order valence-corrected chi connectivity index (χ0v) is 23.6. The number of esters is 1. The monoisotopic (exact) mass is 468 g/mol. The van der Waals surface area contributed by atoms with Crippen molar-refractivity contribution >= 4 is 5.97 Å². The van der Waals surface area contributed by atoms with Crippen LogP contribution in [-0.2, 0) is 9.53 Å². The van der Waals surface area contributed by atoms with Crippen LogP contribution in [0.2, 0.25) is 0 Å². The molecule has 2 nitrogen and oxygen atoms in total. The zero-order chi connectivity index (χ0) is 24.7. The van der Waals surface area contributed by atoms with E-state index in [-0.39, 0.29) is 17.5 Å². The summed E-state index contributed by atoms with van der Waals surface area (Å²) >= 11 is 0. The predicted molar refractivity (Wildman–Crippen MR) is 140 cm³/mol. The molecule has 5 saturated carbocycles. The Morgan fingerprint density at radius 1 is 0.882 bits per heavy atom. The average Bonchev–Trinajstić information content (AvgIpc) is 3.32. The van der Waals surface area contributed by atoms with Crippen LogP contribution in [0.1, 0.15) is 126 Å². The fourth-order valence-electron chi connectivity index (χ4n) is 11.5. The highest BCUT2D eigenvalue weighted by atomic mass is 16.5. The van der Waals surface area contributed by atoms with Crippen LogP contribution in [-0.4, -0.2) is 12.1 Å². The van der Waals surface area contributed by atoms with Gasteiger partial charge in [0.25, 0.3) is 0 Å². The topological polar surface area (TPSA) is 26.3 Å². The van der Waals surface area contributed by atoms with Gasteiger partial charge in [0.05, 0.1) is 0 Å². The Morgan fingerprint density at radius 3 is 2.24 bits per heavy atom. The van der Waals surface area contributed by atoms with Crippen LogP contribution < -0.4 is 0 Å². The van der Waals surface area contributed by atoms with Crippen molar-refractivity contribution in [1.82, 2.24) is 0 Å². The number of rotatable bonds is 5. The molecule has 5 aliphatic rings. The molecule has 0 aromatic heterocycles. The molecule has 192 valence electrons. The van der Waals surface area contributed by atoms with E-state index in [9.17, 15) is 4.79 Å². The zero-order valence-electron chi connectivity index (χ0n) is 23.6. The first-order valence-electron chi connectivity index (χ1n) is 14.6. The molecule has 0 radical (unpaired) electrons. The second kappa shape index (κ2) is 7.85. The van der Waals surface area contributed by atoms with Gasteiger partial charge in [0.2, 0.25) is 0 Å². The van der Waals surface area contributed by atoms with Gasteiger partial charge in [-0.1, -0.05) is 46.3 Å². The molecule has 0 amide bonds. The minimum atomic E-state index is -0.0927. The summed E-state index contributed by atoms with van der Waals surface area (Å²) < 4.78 is 5.90. The third-order valence-electron chi connectivity index (χ3n) is 13.3.